The summed E-state index contributed by atoms with van der Waals surface area (Å²) in [7, 11) is 0. The summed E-state index contributed by atoms with van der Waals surface area (Å²) in [6.07, 6.45) is 1.12. The summed E-state index contributed by atoms with van der Waals surface area (Å²) in [4.78, 5) is 11.1. The van der Waals surface area contributed by atoms with Crippen molar-refractivity contribution in [2.24, 2.45) is 0 Å². The van der Waals surface area contributed by atoms with Crippen molar-refractivity contribution in [2.75, 3.05) is 0 Å². The smallest absolute Gasteiger partial charge is 0.328 e. The van der Waals surface area contributed by atoms with Crippen molar-refractivity contribution in [2.45, 2.75) is 4.90 Å². The third-order valence-corrected chi connectivity index (χ3v) is 1.97. The largest absolute Gasteiger partial charge is 0.478 e. The van der Waals surface area contributed by atoms with E-state index in [0.717, 1.165) is 11.0 Å². The topological polar surface area (TPSA) is 68.8 Å². The van der Waals surface area contributed by atoms with Gasteiger partial charge >= 0.3 is 5.97 Å². The van der Waals surface area contributed by atoms with E-state index in [9.17, 15) is 4.79 Å². The first-order valence-electron chi connectivity index (χ1n) is 3.40. The summed E-state index contributed by atoms with van der Waals surface area (Å²) >= 11 is 1.39. The van der Waals surface area contributed by atoms with Crippen LogP contribution in [0.2, 0.25) is 0 Å². The Kier molecular flexibility index (Phi) is 5.67. The van der Waals surface area contributed by atoms with Crippen molar-refractivity contribution < 1.29 is 15.4 Å². The maximum Gasteiger partial charge on any atom is 0.328 e. The van der Waals surface area contributed by atoms with Gasteiger partial charge in [0.15, 0.2) is 0 Å². The highest BCUT2D eigenvalue weighted by atomic mass is 32.2. The fourth-order valence-corrected chi connectivity index (χ4v) is 1.33. The van der Waals surface area contributed by atoms with Gasteiger partial charge in [0.05, 0.1) is 0 Å². The van der Waals surface area contributed by atoms with E-state index in [1.54, 1.807) is 5.41 Å². The van der Waals surface area contributed by atoms with Gasteiger partial charge in [-0.1, -0.05) is 30.0 Å². The van der Waals surface area contributed by atoms with Crippen molar-refractivity contribution in [3.05, 3.63) is 41.8 Å². The average molecular weight is 198 g/mol. The predicted octanol–water partition coefficient (Wildman–Crippen LogP) is 1.55. The zero-order chi connectivity index (χ0) is 8.81. The van der Waals surface area contributed by atoms with E-state index in [1.165, 1.54) is 11.8 Å². The van der Waals surface area contributed by atoms with E-state index in [-0.39, 0.29) is 5.48 Å². The summed E-state index contributed by atoms with van der Waals surface area (Å²) in [5.41, 5.74) is 0. The second-order valence-corrected chi connectivity index (χ2v) is 3.05. The minimum atomic E-state index is -0.918. The molecule has 0 spiro atoms. The summed E-state index contributed by atoms with van der Waals surface area (Å²) in [6, 6.07) is 9.60. The van der Waals surface area contributed by atoms with Gasteiger partial charge in [0, 0.05) is 11.0 Å². The Balaban J connectivity index is 0.00000144. The van der Waals surface area contributed by atoms with E-state index in [0.29, 0.717) is 0 Å². The maximum absolute atomic E-state index is 10.1. The highest BCUT2D eigenvalue weighted by molar-refractivity contribution is 8.02. The summed E-state index contributed by atoms with van der Waals surface area (Å²) < 4.78 is 0. The van der Waals surface area contributed by atoms with E-state index in [2.05, 4.69) is 0 Å². The van der Waals surface area contributed by atoms with Gasteiger partial charge in [-0.05, 0) is 17.5 Å². The molecule has 3 N–H and O–H groups in total. The Morgan fingerprint density at radius 3 is 2.46 bits per heavy atom. The zero-order valence-corrected chi connectivity index (χ0v) is 7.62. The van der Waals surface area contributed by atoms with Crippen LogP contribution in [0, 0.1) is 0 Å². The van der Waals surface area contributed by atoms with E-state index in [1.807, 2.05) is 30.3 Å². The normalized spacial score (nSPS) is 9.54. The number of thioether (sulfide) groups is 1. The van der Waals surface area contributed by atoms with Crippen molar-refractivity contribution in [1.82, 2.24) is 0 Å². The summed E-state index contributed by atoms with van der Waals surface area (Å²) in [5.74, 6) is -0.918. The van der Waals surface area contributed by atoms with Gasteiger partial charge in [-0.2, -0.15) is 0 Å². The van der Waals surface area contributed by atoms with Crippen LogP contribution in [0.1, 0.15) is 0 Å². The molecule has 0 aliphatic rings. The standard InChI is InChI=1S/C9H8O2S.H2O/c10-9(11)6-7-12-8-4-2-1-3-5-8;/h1-7H,(H,10,11);1H2/b7-6+;. The number of benzene rings is 1. The van der Waals surface area contributed by atoms with Crippen LogP contribution >= 0.6 is 11.8 Å². The lowest BCUT2D eigenvalue weighted by Gasteiger charge is -1.91. The molecule has 0 heterocycles. The number of rotatable bonds is 3. The predicted molar refractivity (Wildman–Crippen MR) is 52.7 cm³/mol. The van der Waals surface area contributed by atoms with Gasteiger partial charge in [0.1, 0.15) is 0 Å². The van der Waals surface area contributed by atoms with Crippen molar-refractivity contribution in [3.63, 3.8) is 0 Å². The molecule has 0 saturated carbocycles. The van der Waals surface area contributed by atoms with E-state index >= 15 is 0 Å². The van der Waals surface area contributed by atoms with Gasteiger partial charge < -0.3 is 10.6 Å². The number of aliphatic carboxylic acids is 1. The second-order valence-electron chi connectivity index (χ2n) is 2.07. The molecule has 0 amide bonds. The number of carboxylic acids is 1. The molecule has 0 bridgehead atoms. The van der Waals surface area contributed by atoms with Crippen molar-refractivity contribution in [3.8, 4) is 0 Å². The van der Waals surface area contributed by atoms with Crippen LogP contribution in [0.25, 0.3) is 0 Å². The van der Waals surface area contributed by atoms with Crippen LogP contribution in [0.5, 0.6) is 0 Å². The molecule has 0 radical (unpaired) electrons. The lowest BCUT2D eigenvalue weighted by atomic mass is 10.4. The van der Waals surface area contributed by atoms with Crippen LogP contribution in [-0.2, 0) is 4.79 Å². The Labute approximate surface area is 80.4 Å². The number of carbonyl (C=O) groups is 1. The lowest BCUT2D eigenvalue weighted by Crippen LogP contribution is -1.84. The van der Waals surface area contributed by atoms with E-state index < -0.39 is 5.97 Å². The maximum atomic E-state index is 10.1. The molecule has 3 nitrogen and oxygen atoms in total. The molecule has 0 unspecified atom stereocenters. The molecule has 0 aliphatic carbocycles. The SMILES string of the molecule is O.O=C(O)/C=C/Sc1ccccc1. The number of carboxylic acid groups (broad SMARTS) is 1. The second kappa shape index (κ2) is 6.28. The van der Waals surface area contributed by atoms with Gasteiger partial charge in [-0.3, -0.25) is 0 Å². The monoisotopic (exact) mass is 198 g/mol. The summed E-state index contributed by atoms with van der Waals surface area (Å²) in [5, 5.41) is 9.84. The van der Waals surface area contributed by atoms with Crippen LogP contribution in [0.3, 0.4) is 0 Å². The van der Waals surface area contributed by atoms with E-state index in [4.69, 9.17) is 5.11 Å². The molecule has 0 aromatic heterocycles. The summed E-state index contributed by atoms with van der Waals surface area (Å²) in [6.45, 7) is 0. The highest BCUT2D eigenvalue weighted by Crippen LogP contribution is 2.17. The van der Waals surface area contributed by atoms with Crippen LogP contribution in [0.15, 0.2) is 46.7 Å². The molecule has 1 aromatic carbocycles. The van der Waals surface area contributed by atoms with Crippen molar-refractivity contribution in [1.29, 1.82) is 0 Å². The van der Waals surface area contributed by atoms with Gasteiger partial charge in [0.2, 0.25) is 0 Å². The third-order valence-electron chi connectivity index (χ3n) is 1.16. The Hall–Kier alpha value is -1.26. The fraction of sp³-hybridized carbons (Fsp3) is 0. The minimum Gasteiger partial charge on any atom is -0.478 e. The molecule has 13 heavy (non-hydrogen) atoms. The fourth-order valence-electron chi connectivity index (χ4n) is 0.670. The Bertz CT molecular complexity index is 282. The molecule has 0 saturated heterocycles. The van der Waals surface area contributed by atoms with Crippen LogP contribution in [0.4, 0.5) is 0 Å². The molecule has 0 atom stereocenters. The molecule has 0 fully saturated rings. The first kappa shape index (κ1) is 11.7. The van der Waals surface area contributed by atoms with Gasteiger partial charge in [-0.15, -0.1) is 0 Å². The molecule has 1 aromatic rings. The molecular formula is C9H10O3S. The third kappa shape index (κ3) is 5.05. The molecule has 70 valence electrons. The average Bonchev–Trinajstić information content (AvgIpc) is 2.05. The molecular weight excluding hydrogens is 188 g/mol. The first-order chi connectivity index (χ1) is 5.79. The number of hydrogen-bond acceptors (Lipinski definition) is 2. The molecule has 0 aliphatic heterocycles. The van der Waals surface area contributed by atoms with Crippen LogP contribution < -0.4 is 0 Å². The lowest BCUT2D eigenvalue weighted by molar-refractivity contribution is -0.131. The first-order valence-corrected chi connectivity index (χ1v) is 4.28. The zero-order valence-electron chi connectivity index (χ0n) is 6.81. The Morgan fingerprint density at radius 1 is 1.31 bits per heavy atom. The van der Waals surface area contributed by atoms with Crippen LogP contribution in [-0.4, -0.2) is 16.6 Å². The molecule has 4 heteroatoms. The molecule has 1 rings (SSSR count). The highest BCUT2D eigenvalue weighted by Gasteiger charge is 1.88. The van der Waals surface area contributed by atoms with Gasteiger partial charge in [0.25, 0.3) is 0 Å². The minimum absolute atomic E-state index is 0. The number of hydrogen-bond donors (Lipinski definition) is 1. The van der Waals surface area contributed by atoms with Crippen molar-refractivity contribution >= 4 is 17.7 Å². The quantitative estimate of drug-likeness (QED) is 0.591. The van der Waals surface area contributed by atoms with Gasteiger partial charge in [-0.25, -0.2) is 4.79 Å². The Morgan fingerprint density at radius 2 is 1.92 bits per heavy atom.